The summed E-state index contributed by atoms with van der Waals surface area (Å²) in [7, 11) is 0. The molecule has 2 rings (SSSR count). The quantitative estimate of drug-likeness (QED) is 0.831. The van der Waals surface area contributed by atoms with Gasteiger partial charge in [-0.2, -0.15) is 4.98 Å². The first-order chi connectivity index (χ1) is 9.60. The van der Waals surface area contributed by atoms with E-state index in [1.165, 1.54) is 11.8 Å². The highest BCUT2D eigenvalue weighted by Crippen LogP contribution is 2.23. The minimum Gasteiger partial charge on any atom is -0.493 e. The summed E-state index contributed by atoms with van der Waals surface area (Å²) in [6.07, 6.45) is 1.32. The highest BCUT2D eigenvalue weighted by atomic mass is 35.5. The molecule has 0 aliphatic heterocycles. The molecule has 0 aliphatic carbocycles. The Kier molecular flexibility index (Phi) is 5.09. The summed E-state index contributed by atoms with van der Waals surface area (Å²) in [5, 5.41) is 10.5. The zero-order chi connectivity index (χ0) is 14.5. The van der Waals surface area contributed by atoms with Gasteiger partial charge in [-0.3, -0.25) is 4.79 Å². The Morgan fingerprint density at radius 3 is 2.65 bits per heavy atom. The van der Waals surface area contributed by atoms with Crippen molar-refractivity contribution in [2.45, 2.75) is 30.4 Å². The van der Waals surface area contributed by atoms with E-state index in [-0.39, 0.29) is 11.4 Å². The van der Waals surface area contributed by atoms with Gasteiger partial charge >= 0.3 is 0 Å². The van der Waals surface area contributed by atoms with Crippen molar-refractivity contribution in [2.24, 2.45) is 0 Å². The van der Waals surface area contributed by atoms with E-state index < -0.39 is 0 Å². The summed E-state index contributed by atoms with van der Waals surface area (Å²) >= 11 is 7.33. The first kappa shape index (κ1) is 14.9. The molecule has 4 nitrogen and oxygen atoms in total. The maximum absolute atomic E-state index is 11.8. The van der Waals surface area contributed by atoms with Crippen LogP contribution >= 0.6 is 23.4 Å². The number of benzene rings is 1. The van der Waals surface area contributed by atoms with E-state index >= 15 is 0 Å². The molecule has 6 heteroatoms. The largest absolute Gasteiger partial charge is 0.493 e. The first-order valence-corrected chi connectivity index (χ1v) is 7.66. The van der Waals surface area contributed by atoms with Crippen molar-refractivity contribution in [1.82, 2.24) is 9.97 Å². The van der Waals surface area contributed by atoms with Crippen LogP contribution in [0.15, 0.2) is 34.0 Å². The van der Waals surface area contributed by atoms with Crippen LogP contribution in [0.3, 0.4) is 0 Å². The van der Waals surface area contributed by atoms with Crippen LogP contribution in [0, 0.1) is 0 Å². The number of hydrogen-bond acceptors (Lipinski definition) is 4. The van der Waals surface area contributed by atoms with Crippen molar-refractivity contribution in [3.05, 3.63) is 51.0 Å². The van der Waals surface area contributed by atoms with E-state index in [0.29, 0.717) is 28.6 Å². The highest BCUT2D eigenvalue weighted by Gasteiger charge is 2.09. The number of H-pyrrole nitrogens is 1. The average Bonchev–Trinajstić information content (AvgIpc) is 2.42. The Morgan fingerprint density at radius 1 is 1.35 bits per heavy atom. The number of thioether (sulfide) groups is 1. The van der Waals surface area contributed by atoms with Crippen molar-refractivity contribution in [3.8, 4) is 5.88 Å². The van der Waals surface area contributed by atoms with E-state index in [4.69, 9.17) is 11.6 Å². The zero-order valence-electron chi connectivity index (χ0n) is 11.0. The molecule has 0 fully saturated rings. The molecule has 0 aliphatic rings. The summed E-state index contributed by atoms with van der Waals surface area (Å²) in [4.78, 5) is 19.6. The Balaban J connectivity index is 2.10. The SMILES string of the molecule is CCCc1c(O)nc(CSc2ccc(Cl)cc2)[nH]c1=O. The average molecular weight is 311 g/mol. The lowest BCUT2D eigenvalue weighted by atomic mass is 10.2. The Hall–Kier alpha value is -1.46. The molecule has 20 heavy (non-hydrogen) atoms. The summed E-state index contributed by atoms with van der Waals surface area (Å²) in [6, 6.07) is 7.41. The molecule has 0 spiro atoms. The molecule has 1 aromatic heterocycles. The fraction of sp³-hybridized carbons (Fsp3) is 0.286. The summed E-state index contributed by atoms with van der Waals surface area (Å²) in [6.45, 7) is 1.95. The maximum Gasteiger partial charge on any atom is 0.257 e. The van der Waals surface area contributed by atoms with Crippen LogP contribution in [0.5, 0.6) is 5.88 Å². The Labute approximate surface area is 126 Å². The van der Waals surface area contributed by atoms with Crippen LogP contribution in [0.4, 0.5) is 0 Å². The van der Waals surface area contributed by atoms with Gasteiger partial charge in [0.15, 0.2) is 0 Å². The molecule has 0 radical (unpaired) electrons. The van der Waals surface area contributed by atoms with Crippen molar-refractivity contribution in [2.75, 3.05) is 0 Å². The van der Waals surface area contributed by atoms with Gasteiger partial charge in [-0.1, -0.05) is 24.9 Å². The molecule has 1 aromatic carbocycles. The molecule has 0 bridgehead atoms. The summed E-state index contributed by atoms with van der Waals surface area (Å²) in [5.41, 5.74) is 0.0961. The molecule has 2 aromatic rings. The molecular weight excluding hydrogens is 296 g/mol. The molecular formula is C14H15ClN2O2S. The second-order valence-corrected chi connectivity index (χ2v) is 5.79. The van der Waals surface area contributed by atoms with E-state index in [0.717, 1.165) is 11.3 Å². The number of aromatic hydroxyl groups is 1. The van der Waals surface area contributed by atoms with Gasteiger partial charge in [0.1, 0.15) is 5.82 Å². The van der Waals surface area contributed by atoms with E-state index in [2.05, 4.69) is 9.97 Å². The second kappa shape index (κ2) is 6.81. The van der Waals surface area contributed by atoms with Crippen molar-refractivity contribution in [1.29, 1.82) is 0 Å². The number of rotatable bonds is 5. The number of hydrogen-bond donors (Lipinski definition) is 2. The van der Waals surface area contributed by atoms with Gasteiger partial charge in [-0.25, -0.2) is 0 Å². The highest BCUT2D eigenvalue weighted by molar-refractivity contribution is 7.98. The molecule has 1 heterocycles. The minimum atomic E-state index is -0.258. The minimum absolute atomic E-state index is 0.165. The Morgan fingerprint density at radius 2 is 2.05 bits per heavy atom. The lowest BCUT2D eigenvalue weighted by Crippen LogP contribution is -2.16. The van der Waals surface area contributed by atoms with E-state index in [1.807, 2.05) is 31.2 Å². The third-order valence-electron chi connectivity index (χ3n) is 2.73. The smallest absolute Gasteiger partial charge is 0.257 e. The molecule has 106 valence electrons. The number of nitrogens with one attached hydrogen (secondary N) is 1. The van der Waals surface area contributed by atoms with Gasteiger partial charge in [0, 0.05) is 9.92 Å². The molecule has 0 saturated carbocycles. The second-order valence-electron chi connectivity index (χ2n) is 4.31. The third kappa shape index (κ3) is 3.77. The third-order valence-corrected chi connectivity index (χ3v) is 4.01. The van der Waals surface area contributed by atoms with Crippen molar-refractivity contribution >= 4 is 23.4 Å². The van der Waals surface area contributed by atoms with E-state index in [1.54, 1.807) is 0 Å². The van der Waals surface area contributed by atoms with Crippen LogP contribution in [-0.4, -0.2) is 15.1 Å². The Bertz CT molecular complexity index is 641. The van der Waals surface area contributed by atoms with Gasteiger partial charge in [-0.15, -0.1) is 11.8 Å². The monoisotopic (exact) mass is 310 g/mol. The van der Waals surface area contributed by atoms with Crippen LogP contribution < -0.4 is 5.56 Å². The van der Waals surface area contributed by atoms with Gasteiger partial charge in [-0.05, 0) is 30.7 Å². The van der Waals surface area contributed by atoms with Crippen LogP contribution in [-0.2, 0) is 12.2 Å². The van der Waals surface area contributed by atoms with E-state index in [9.17, 15) is 9.90 Å². The molecule has 2 N–H and O–H groups in total. The lowest BCUT2D eigenvalue weighted by molar-refractivity contribution is 0.440. The summed E-state index contributed by atoms with van der Waals surface area (Å²) in [5.74, 6) is 0.784. The molecule has 0 saturated heterocycles. The van der Waals surface area contributed by atoms with Gasteiger partial charge in [0.05, 0.1) is 11.3 Å². The number of nitrogens with zero attached hydrogens (tertiary/aromatic N) is 1. The fourth-order valence-electron chi connectivity index (χ4n) is 1.76. The first-order valence-electron chi connectivity index (χ1n) is 6.29. The van der Waals surface area contributed by atoms with Crippen LogP contribution in [0.25, 0.3) is 0 Å². The number of aromatic nitrogens is 2. The van der Waals surface area contributed by atoms with Gasteiger partial charge < -0.3 is 10.1 Å². The van der Waals surface area contributed by atoms with Crippen LogP contribution in [0.2, 0.25) is 5.02 Å². The van der Waals surface area contributed by atoms with Crippen molar-refractivity contribution in [3.63, 3.8) is 0 Å². The standard InChI is InChI=1S/C14H15ClN2O2S/c1-2-3-11-13(18)16-12(17-14(11)19)8-20-10-6-4-9(15)5-7-10/h4-7H,2-3,8H2,1H3,(H2,16,17,18,19). The molecule has 0 amide bonds. The predicted octanol–water partition coefficient (Wildman–Crippen LogP) is 3.37. The topological polar surface area (TPSA) is 66.0 Å². The van der Waals surface area contributed by atoms with Gasteiger partial charge in [0.25, 0.3) is 5.56 Å². The zero-order valence-corrected chi connectivity index (χ0v) is 12.6. The fourth-order valence-corrected chi connectivity index (χ4v) is 2.65. The molecule has 0 unspecified atom stereocenters. The molecule has 0 atom stereocenters. The van der Waals surface area contributed by atoms with Crippen molar-refractivity contribution < 1.29 is 5.11 Å². The maximum atomic E-state index is 11.8. The van der Waals surface area contributed by atoms with Gasteiger partial charge in [0.2, 0.25) is 5.88 Å². The summed E-state index contributed by atoms with van der Waals surface area (Å²) < 4.78 is 0. The lowest BCUT2D eigenvalue weighted by Gasteiger charge is -2.05. The predicted molar refractivity (Wildman–Crippen MR) is 81.5 cm³/mol. The number of halogens is 1. The number of aromatic amines is 1. The normalized spacial score (nSPS) is 10.7. The van der Waals surface area contributed by atoms with Crippen LogP contribution in [0.1, 0.15) is 24.7 Å².